The van der Waals surface area contributed by atoms with Gasteiger partial charge >= 0.3 is 6.03 Å². The molecule has 9 heteroatoms. The number of rotatable bonds is 5. The molecule has 0 spiro atoms. The fourth-order valence-corrected chi connectivity index (χ4v) is 6.07. The van der Waals surface area contributed by atoms with Gasteiger partial charge in [-0.15, -0.1) is 0 Å². The van der Waals surface area contributed by atoms with Gasteiger partial charge in [-0.25, -0.2) is 14.8 Å². The lowest BCUT2D eigenvalue weighted by Crippen LogP contribution is -2.40. The zero-order valence-corrected chi connectivity index (χ0v) is 21.8. The molecule has 0 aliphatic carbocycles. The van der Waals surface area contributed by atoms with Crippen LogP contribution in [-0.2, 0) is 4.74 Å². The van der Waals surface area contributed by atoms with Gasteiger partial charge in [0.25, 0.3) is 0 Å². The van der Waals surface area contributed by atoms with Gasteiger partial charge in [-0.2, -0.15) is 0 Å². The highest BCUT2D eigenvalue weighted by molar-refractivity contribution is 5.90. The average molecular weight is 517 g/mol. The van der Waals surface area contributed by atoms with Crippen LogP contribution in [-0.4, -0.2) is 84.6 Å². The third-order valence-electron chi connectivity index (χ3n) is 8.23. The van der Waals surface area contributed by atoms with Crippen LogP contribution < -0.4 is 15.1 Å². The molecule has 6 rings (SSSR count). The zero-order chi connectivity index (χ0) is 25.9. The number of amides is 2. The average Bonchev–Trinajstić information content (AvgIpc) is 3.47. The Bertz CT molecular complexity index is 1250. The van der Waals surface area contributed by atoms with E-state index >= 15 is 0 Å². The number of likely N-dealkylation sites (tertiary alicyclic amines) is 1. The Morgan fingerprint density at radius 3 is 2.47 bits per heavy atom. The summed E-state index contributed by atoms with van der Waals surface area (Å²) in [6.45, 7) is 5.83. The SMILES string of the molecule is O=C(Nc1ccc(N2CCOCC2)cc1)N1CCC(c2ncnc3cc(N4CCC[C@@H]4CO)ccc23)CC1. The van der Waals surface area contributed by atoms with Crippen LogP contribution in [0, 0.1) is 0 Å². The van der Waals surface area contributed by atoms with Crippen LogP contribution in [0.25, 0.3) is 10.9 Å². The second-order valence-corrected chi connectivity index (χ2v) is 10.5. The van der Waals surface area contributed by atoms with Gasteiger partial charge in [0.2, 0.25) is 0 Å². The topological polar surface area (TPSA) is 94.1 Å². The van der Waals surface area contributed by atoms with E-state index in [9.17, 15) is 9.90 Å². The Balaban J connectivity index is 1.07. The van der Waals surface area contributed by atoms with Crippen LogP contribution in [0.2, 0.25) is 0 Å². The van der Waals surface area contributed by atoms with E-state index in [4.69, 9.17) is 4.74 Å². The lowest BCUT2D eigenvalue weighted by Gasteiger charge is -2.32. The van der Waals surface area contributed by atoms with Crippen molar-refractivity contribution in [2.24, 2.45) is 0 Å². The van der Waals surface area contributed by atoms with Crippen LogP contribution in [0.4, 0.5) is 21.9 Å². The van der Waals surface area contributed by atoms with E-state index in [0.29, 0.717) is 19.0 Å². The minimum Gasteiger partial charge on any atom is -0.394 e. The van der Waals surface area contributed by atoms with E-state index in [1.54, 1.807) is 6.33 Å². The summed E-state index contributed by atoms with van der Waals surface area (Å²) < 4.78 is 5.43. The van der Waals surface area contributed by atoms with E-state index in [-0.39, 0.29) is 18.7 Å². The summed E-state index contributed by atoms with van der Waals surface area (Å²) in [6, 6.07) is 14.6. The van der Waals surface area contributed by atoms with Gasteiger partial charge in [0.15, 0.2) is 0 Å². The van der Waals surface area contributed by atoms with Crippen molar-refractivity contribution in [1.29, 1.82) is 0 Å². The monoisotopic (exact) mass is 516 g/mol. The number of urea groups is 1. The number of carbonyl (C=O) groups excluding carboxylic acids is 1. The first kappa shape index (κ1) is 24.9. The van der Waals surface area contributed by atoms with Crippen LogP contribution in [0.3, 0.4) is 0 Å². The summed E-state index contributed by atoms with van der Waals surface area (Å²) in [5.41, 5.74) is 5.10. The highest BCUT2D eigenvalue weighted by atomic mass is 16.5. The molecule has 9 nitrogen and oxygen atoms in total. The highest BCUT2D eigenvalue weighted by Crippen LogP contribution is 2.34. The molecule has 1 aromatic heterocycles. The first-order chi connectivity index (χ1) is 18.7. The predicted molar refractivity (Wildman–Crippen MR) is 149 cm³/mol. The number of ether oxygens (including phenoxy) is 1. The third-order valence-corrected chi connectivity index (χ3v) is 8.23. The lowest BCUT2D eigenvalue weighted by atomic mass is 9.91. The number of aromatic nitrogens is 2. The largest absolute Gasteiger partial charge is 0.394 e. The van der Waals surface area contributed by atoms with Crippen LogP contribution in [0.15, 0.2) is 48.8 Å². The number of hydrogen-bond acceptors (Lipinski definition) is 7. The Labute approximate surface area is 223 Å². The summed E-state index contributed by atoms with van der Waals surface area (Å²) in [5.74, 6) is 0.292. The van der Waals surface area contributed by atoms with Crippen molar-refractivity contribution >= 4 is 34.0 Å². The van der Waals surface area contributed by atoms with Crippen molar-refractivity contribution in [3.63, 3.8) is 0 Å². The number of morpholine rings is 1. The Morgan fingerprint density at radius 1 is 0.947 bits per heavy atom. The van der Waals surface area contributed by atoms with Gasteiger partial charge in [-0.3, -0.25) is 0 Å². The molecule has 2 aromatic carbocycles. The molecule has 3 aliphatic rings. The van der Waals surface area contributed by atoms with Crippen molar-refractivity contribution in [2.45, 2.75) is 37.6 Å². The van der Waals surface area contributed by atoms with Gasteiger partial charge in [-0.05, 0) is 68.1 Å². The molecular weight excluding hydrogens is 480 g/mol. The van der Waals surface area contributed by atoms with Crippen molar-refractivity contribution in [3.8, 4) is 0 Å². The molecule has 200 valence electrons. The Morgan fingerprint density at radius 2 is 1.71 bits per heavy atom. The molecule has 2 N–H and O–H groups in total. The number of anilines is 3. The van der Waals surface area contributed by atoms with Gasteiger partial charge in [-0.1, -0.05) is 0 Å². The van der Waals surface area contributed by atoms with E-state index in [2.05, 4.69) is 55.4 Å². The molecule has 3 aliphatic heterocycles. The number of nitrogens with zero attached hydrogens (tertiary/aromatic N) is 5. The molecule has 3 aromatic rings. The minimum atomic E-state index is -0.0520. The molecule has 3 saturated heterocycles. The number of hydrogen-bond donors (Lipinski definition) is 2. The molecule has 0 bridgehead atoms. The summed E-state index contributed by atoms with van der Waals surface area (Å²) in [5, 5.41) is 13.9. The number of fused-ring (bicyclic) bond motifs is 1. The molecule has 3 fully saturated rings. The standard InChI is InChI=1S/C29H36N6O3/c36-19-25-2-1-11-35(25)24-7-8-26-27(18-24)30-20-31-28(26)21-9-12-34(13-10-21)29(37)32-22-3-5-23(6-4-22)33-14-16-38-17-15-33/h3-8,18,20-21,25,36H,1-2,9-17,19H2,(H,32,37)/t25-/m1/s1. The van der Waals surface area contributed by atoms with Crippen molar-refractivity contribution in [3.05, 3.63) is 54.5 Å². The number of piperidine rings is 1. The van der Waals surface area contributed by atoms with Gasteiger partial charge in [0.1, 0.15) is 6.33 Å². The maximum atomic E-state index is 13.0. The number of aliphatic hydroxyl groups excluding tert-OH is 1. The third kappa shape index (κ3) is 5.13. The van der Waals surface area contributed by atoms with Crippen molar-refractivity contribution in [1.82, 2.24) is 14.9 Å². The highest BCUT2D eigenvalue weighted by Gasteiger charge is 2.27. The first-order valence-corrected chi connectivity index (χ1v) is 13.8. The molecular formula is C29H36N6O3. The molecule has 0 radical (unpaired) electrons. The van der Waals surface area contributed by atoms with Crippen molar-refractivity contribution < 1.29 is 14.6 Å². The normalized spacial score (nSPS) is 20.8. The number of nitrogens with one attached hydrogen (secondary N) is 1. The number of benzene rings is 2. The Hall–Kier alpha value is -3.43. The van der Waals surface area contributed by atoms with E-state index in [1.165, 1.54) is 0 Å². The van der Waals surface area contributed by atoms with E-state index < -0.39 is 0 Å². The van der Waals surface area contributed by atoms with E-state index in [0.717, 1.165) is 92.2 Å². The number of aliphatic hydroxyl groups is 1. The minimum absolute atomic E-state index is 0.0520. The molecule has 38 heavy (non-hydrogen) atoms. The maximum absolute atomic E-state index is 13.0. The second kappa shape index (κ2) is 11.1. The van der Waals surface area contributed by atoms with Gasteiger partial charge < -0.3 is 29.9 Å². The smallest absolute Gasteiger partial charge is 0.321 e. The Kier molecular flexibility index (Phi) is 7.29. The zero-order valence-electron chi connectivity index (χ0n) is 21.8. The predicted octanol–water partition coefficient (Wildman–Crippen LogP) is 3.84. The van der Waals surface area contributed by atoms with Crippen molar-refractivity contribution in [2.75, 3.05) is 67.7 Å². The first-order valence-electron chi connectivity index (χ1n) is 13.8. The summed E-state index contributed by atoms with van der Waals surface area (Å²) >= 11 is 0. The van der Waals surface area contributed by atoms with Gasteiger partial charge in [0.05, 0.1) is 37.1 Å². The quantitative estimate of drug-likeness (QED) is 0.532. The van der Waals surface area contributed by atoms with E-state index in [1.807, 2.05) is 17.0 Å². The molecule has 0 unspecified atom stereocenters. The summed E-state index contributed by atoms with van der Waals surface area (Å²) in [7, 11) is 0. The van der Waals surface area contributed by atoms with Crippen LogP contribution >= 0.6 is 0 Å². The summed E-state index contributed by atoms with van der Waals surface area (Å²) in [4.78, 5) is 28.7. The lowest BCUT2D eigenvalue weighted by molar-refractivity contribution is 0.122. The van der Waals surface area contributed by atoms with Crippen LogP contribution in [0.1, 0.15) is 37.3 Å². The second-order valence-electron chi connectivity index (χ2n) is 10.5. The molecule has 1 atom stereocenters. The van der Waals surface area contributed by atoms with Crippen LogP contribution in [0.5, 0.6) is 0 Å². The molecule has 0 saturated carbocycles. The molecule has 4 heterocycles. The molecule has 2 amide bonds. The fourth-order valence-electron chi connectivity index (χ4n) is 6.07. The summed E-state index contributed by atoms with van der Waals surface area (Å²) in [6.07, 6.45) is 5.53. The van der Waals surface area contributed by atoms with Gasteiger partial charge in [0, 0.05) is 61.1 Å². The fraction of sp³-hybridized carbons (Fsp3) is 0.483. The number of carbonyl (C=O) groups is 1. The maximum Gasteiger partial charge on any atom is 0.321 e.